The smallest absolute Gasteiger partial charge is 0.337 e. The molecule has 1 aromatic carbocycles. The van der Waals surface area contributed by atoms with E-state index in [1.807, 2.05) is 24.5 Å². The molecular formula is C16H17NO4. The Balaban J connectivity index is 2.38. The van der Waals surface area contributed by atoms with Gasteiger partial charge in [-0.15, -0.1) is 0 Å². The van der Waals surface area contributed by atoms with Crippen LogP contribution in [0.5, 0.6) is 0 Å². The van der Waals surface area contributed by atoms with Crippen LogP contribution in [0.25, 0.3) is 0 Å². The Hall–Kier alpha value is -2.56. The predicted octanol–water partition coefficient (Wildman–Crippen LogP) is 3.06. The number of aromatic carboxylic acids is 2. The summed E-state index contributed by atoms with van der Waals surface area (Å²) < 4.78 is 1.86. The van der Waals surface area contributed by atoms with E-state index in [1.165, 1.54) is 6.07 Å². The Morgan fingerprint density at radius 2 is 1.86 bits per heavy atom. The molecule has 1 heterocycles. The number of hydrogen-bond donors (Lipinski definition) is 2. The van der Waals surface area contributed by atoms with E-state index >= 15 is 0 Å². The van der Waals surface area contributed by atoms with Gasteiger partial charge in [-0.05, 0) is 29.7 Å². The number of rotatable bonds is 5. The van der Waals surface area contributed by atoms with E-state index < -0.39 is 11.9 Å². The van der Waals surface area contributed by atoms with Crippen LogP contribution in [0.3, 0.4) is 0 Å². The molecule has 0 unspecified atom stereocenters. The molecule has 5 heteroatoms. The molecule has 2 aromatic rings. The highest BCUT2D eigenvalue weighted by Crippen LogP contribution is 2.22. The minimum atomic E-state index is -0.973. The molecule has 0 amide bonds. The topological polar surface area (TPSA) is 79.5 Å². The first-order valence-corrected chi connectivity index (χ1v) is 6.64. The highest BCUT2D eigenvalue weighted by Gasteiger charge is 2.18. The van der Waals surface area contributed by atoms with Gasteiger partial charge < -0.3 is 14.8 Å². The average molecular weight is 287 g/mol. The van der Waals surface area contributed by atoms with Gasteiger partial charge in [0.05, 0.1) is 11.1 Å². The molecule has 0 fully saturated rings. The Kier molecular flexibility index (Phi) is 4.12. The quantitative estimate of drug-likeness (QED) is 0.885. The van der Waals surface area contributed by atoms with Crippen molar-refractivity contribution >= 4 is 11.9 Å². The van der Waals surface area contributed by atoms with Crippen LogP contribution < -0.4 is 0 Å². The maximum atomic E-state index is 11.2. The SMILES string of the molecule is CC(C)c1c(C(=O)O)ccn1Cc1cccc(C(=O)O)c1. The van der Waals surface area contributed by atoms with Crippen LogP contribution in [0.15, 0.2) is 36.5 Å². The maximum absolute atomic E-state index is 11.2. The monoisotopic (exact) mass is 287 g/mol. The van der Waals surface area contributed by atoms with E-state index in [2.05, 4.69) is 0 Å². The minimum absolute atomic E-state index is 0.0637. The largest absolute Gasteiger partial charge is 0.478 e. The molecule has 5 nitrogen and oxygen atoms in total. The lowest BCUT2D eigenvalue weighted by Crippen LogP contribution is -2.09. The molecule has 0 spiro atoms. The van der Waals surface area contributed by atoms with Crippen LogP contribution in [0.2, 0.25) is 0 Å². The van der Waals surface area contributed by atoms with Crippen molar-refractivity contribution in [3.8, 4) is 0 Å². The van der Waals surface area contributed by atoms with Crippen LogP contribution in [0.4, 0.5) is 0 Å². The van der Waals surface area contributed by atoms with Gasteiger partial charge in [0.15, 0.2) is 0 Å². The van der Waals surface area contributed by atoms with Crippen LogP contribution in [-0.2, 0) is 6.54 Å². The second kappa shape index (κ2) is 5.83. The first-order valence-electron chi connectivity index (χ1n) is 6.64. The Bertz CT molecular complexity index is 685. The fraction of sp³-hybridized carbons (Fsp3) is 0.250. The first-order chi connectivity index (χ1) is 9.90. The van der Waals surface area contributed by atoms with Crippen molar-refractivity contribution in [1.82, 2.24) is 4.57 Å². The molecule has 0 saturated heterocycles. The summed E-state index contributed by atoms with van der Waals surface area (Å²) in [5, 5.41) is 18.2. The zero-order valence-electron chi connectivity index (χ0n) is 11.9. The summed E-state index contributed by atoms with van der Waals surface area (Å²) in [5.41, 5.74) is 2.08. The van der Waals surface area contributed by atoms with Gasteiger partial charge >= 0.3 is 11.9 Å². The Labute approximate surface area is 122 Å². The number of carboxylic acid groups (broad SMARTS) is 2. The van der Waals surface area contributed by atoms with E-state index in [-0.39, 0.29) is 11.5 Å². The Morgan fingerprint density at radius 3 is 2.43 bits per heavy atom. The third-order valence-electron chi connectivity index (χ3n) is 3.31. The summed E-state index contributed by atoms with van der Waals surface area (Å²) in [4.78, 5) is 22.2. The minimum Gasteiger partial charge on any atom is -0.478 e. The molecule has 0 bridgehead atoms. The number of hydrogen-bond acceptors (Lipinski definition) is 2. The zero-order valence-corrected chi connectivity index (χ0v) is 11.9. The predicted molar refractivity (Wildman–Crippen MR) is 78.0 cm³/mol. The number of carboxylic acids is 2. The van der Waals surface area contributed by atoms with E-state index in [0.717, 1.165) is 11.3 Å². The van der Waals surface area contributed by atoms with Crippen LogP contribution >= 0.6 is 0 Å². The van der Waals surface area contributed by atoms with Gasteiger partial charge in [0.1, 0.15) is 0 Å². The molecule has 2 N–H and O–H groups in total. The van der Waals surface area contributed by atoms with E-state index in [0.29, 0.717) is 12.1 Å². The number of carbonyl (C=O) groups is 2. The average Bonchev–Trinajstić information content (AvgIpc) is 2.83. The fourth-order valence-electron chi connectivity index (χ4n) is 2.45. The molecule has 21 heavy (non-hydrogen) atoms. The van der Waals surface area contributed by atoms with Gasteiger partial charge in [0, 0.05) is 18.4 Å². The molecule has 0 saturated carbocycles. The summed E-state index contributed by atoms with van der Waals surface area (Å²) in [7, 11) is 0. The molecule has 0 aliphatic carbocycles. The first kappa shape index (κ1) is 14.8. The van der Waals surface area contributed by atoms with Crippen molar-refractivity contribution < 1.29 is 19.8 Å². The van der Waals surface area contributed by atoms with Gasteiger partial charge in [0.2, 0.25) is 0 Å². The third-order valence-corrected chi connectivity index (χ3v) is 3.31. The lowest BCUT2D eigenvalue weighted by Gasteiger charge is -2.14. The molecule has 2 rings (SSSR count). The normalized spacial score (nSPS) is 10.8. The number of benzene rings is 1. The molecular weight excluding hydrogens is 270 g/mol. The van der Waals surface area contributed by atoms with Crippen molar-refractivity contribution in [1.29, 1.82) is 0 Å². The van der Waals surface area contributed by atoms with Crippen molar-refractivity contribution in [3.63, 3.8) is 0 Å². The maximum Gasteiger partial charge on any atom is 0.337 e. The summed E-state index contributed by atoms with van der Waals surface area (Å²) in [6.07, 6.45) is 1.73. The lowest BCUT2D eigenvalue weighted by atomic mass is 10.1. The highest BCUT2D eigenvalue weighted by molar-refractivity contribution is 5.89. The van der Waals surface area contributed by atoms with Gasteiger partial charge in [-0.2, -0.15) is 0 Å². The van der Waals surface area contributed by atoms with Crippen molar-refractivity contribution in [3.05, 3.63) is 58.9 Å². The number of nitrogens with zero attached hydrogens (tertiary/aromatic N) is 1. The van der Waals surface area contributed by atoms with Gasteiger partial charge in [-0.1, -0.05) is 26.0 Å². The standard InChI is InChI=1S/C16H17NO4/c1-10(2)14-13(16(20)21)6-7-17(14)9-11-4-3-5-12(8-11)15(18)19/h3-8,10H,9H2,1-2H3,(H,18,19)(H,20,21). The van der Waals surface area contributed by atoms with Crippen molar-refractivity contribution in [2.75, 3.05) is 0 Å². The fourth-order valence-corrected chi connectivity index (χ4v) is 2.45. The summed E-state index contributed by atoms with van der Waals surface area (Å²) in [6, 6.07) is 8.24. The summed E-state index contributed by atoms with van der Waals surface area (Å²) in [5.74, 6) is -1.86. The van der Waals surface area contributed by atoms with E-state index in [1.54, 1.807) is 24.4 Å². The van der Waals surface area contributed by atoms with E-state index in [4.69, 9.17) is 5.11 Å². The molecule has 0 aliphatic rings. The molecule has 0 aliphatic heterocycles. The second-order valence-corrected chi connectivity index (χ2v) is 5.21. The zero-order chi connectivity index (χ0) is 15.6. The van der Waals surface area contributed by atoms with Gasteiger partial charge in [0.25, 0.3) is 0 Å². The van der Waals surface area contributed by atoms with Crippen LogP contribution in [0, 0.1) is 0 Å². The van der Waals surface area contributed by atoms with Gasteiger partial charge in [-0.25, -0.2) is 9.59 Å². The van der Waals surface area contributed by atoms with Crippen LogP contribution in [0.1, 0.15) is 51.7 Å². The highest BCUT2D eigenvalue weighted by atomic mass is 16.4. The molecule has 110 valence electrons. The molecule has 0 radical (unpaired) electrons. The lowest BCUT2D eigenvalue weighted by molar-refractivity contribution is 0.0685. The van der Waals surface area contributed by atoms with Gasteiger partial charge in [-0.3, -0.25) is 0 Å². The molecule has 0 atom stereocenters. The summed E-state index contributed by atoms with van der Waals surface area (Å²) in [6.45, 7) is 4.32. The second-order valence-electron chi connectivity index (χ2n) is 5.21. The van der Waals surface area contributed by atoms with E-state index in [9.17, 15) is 14.7 Å². The molecule has 1 aromatic heterocycles. The van der Waals surface area contributed by atoms with Crippen LogP contribution in [-0.4, -0.2) is 26.7 Å². The van der Waals surface area contributed by atoms with Crippen molar-refractivity contribution in [2.45, 2.75) is 26.3 Å². The van der Waals surface area contributed by atoms with Crippen molar-refractivity contribution in [2.24, 2.45) is 0 Å². The summed E-state index contributed by atoms with van der Waals surface area (Å²) >= 11 is 0. The third kappa shape index (κ3) is 3.13. The number of aromatic nitrogens is 1. The Morgan fingerprint density at radius 1 is 1.14 bits per heavy atom.